The molecule has 20 heavy (non-hydrogen) atoms. The number of amides is 1. The molecule has 0 spiro atoms. The number of rotatable bonds is 2. The largest absolute Gasteiger partial charge is 0.365 e. The van der Waals surface area contributed by atoms with E-state index >= 15 is 0 Å². The second-order valence-electron chi connectivity index (χ2n) is 4.58. The molecule has 1 aromatic carbocycles. The molecule has 3 rings (SSSR count). The van der Waals surface area contributed by atoms with Crippen LogP contribution in [0.2, 0.25) is 0 Å². The number of nitrogens with zero attached hydrogens (tertiary/aromatic N) is 1. The van der Waals surface area contributed by atoms with Gasteiger partial charge in [0.05, 0.1) is 15.9 Å². The smallest absolute Gasteiger partial charge is 0.254 e. The molecule has 0 fully saturated rings. The molecule has 2 heterocycles. The van der Waals surface area contributed by atoms with Gasteiger partial charge in [0, 0.05) is 23.6 Å². The number of hydrogen-bond donors (Lipinski definition) is 2. The molecule has 102 valence electrons. The zero-order chi connectivity index (χ0) is 14.3. The van der Waals surface area contributed by atoms with Crippen LogP contribution >= 0.6 is 11.8 Å². The predicted octanol–water partition coefficient (Wildman–Crippen LogP) is 1.43. The van der Waals surface area contributed by atoms with Crippen LogP contribution in [-0.4, -0.2) is 28.2 Å². The number of fused-ring (bicyclic) bond motifs is 1. The summed E-state index contributed by atoms with van der Waals surface area (Å²) in [4.78, 5) is 31.6. The van der Waals surface area contributed by atoms with Crippen LogP contribution < -0.4 is 11.2 Å². The topological polar surface area (TPSA) is 88.3 Å². The van der Waals surface area contributed by atoms with Crippen LogP contribution in [0, 0.1) is 6.92 Å². The van der Waals surface area contributed by atoms with E-state index in [1.165, 1.54) is 0 Å². The molecule has 1 amide bonds. The quantitative estimate of drug-likeness (QED) is 0.875. The maximum atomic E-state index is 12.6. The fourth-order valence-electron chi connectivity index (χ4n) is 2.43. The number of nitrogens with two attached hydrogens (primary N) is 1. The van der Waals surface area contributed by atoms with Crippen molar-refractivity contribution in [1.82, 2.24) is 4.98 Å². The molecule has 1 aromatic heterocycles. The van der Waals surface area contributed by atoms with Gasteiger partial charge in [-0.2, -0.15) is 0 Å². The van der Waals surface area contributed by atoms with Gasteiger partial charge in [-0.25, -0.2) is 0 Å². The van der Waals surface area contributed by atoms with E-state index < -0.39 is 5.91 Å². The van der Waals surface area contributed by atoms with Gasteiger partial charge in [-0.15, -0.1) is 11.8 Å². The highest BCUT2D eigenvalue weighted by Crippen LogP contribution is 2.24. The molecule has 5 nitrogen and oxygen atoms in total. The van der Waals surface area contributed by atoms with Gasteiger partial charge in [-0.1, -0.05) is 12.1 Å². The summed E-state index contributed by atoms with van der Waals surface area (Å²) in [5, 5.41) is 1.33. The molecular formula is C14H13N3O2S. The van der Waals surface area contributed by atoms with Crippen molar-refractivity contribution in [3.05, 3.63) is 45.2 Å². The van der Waals surface area contributed by atoms with Crippen LogP contribution in [0.25, 0.3) is 10.9 Å². The normalized spacial score (nSPS) is 14.6. The molecule has 0 radical (unpaired) electrons. The number of aryl methyl sites for hydroxylation is 1. The molecule has 6 heteroatoms. The second-order valence-corrected chi connectivity index (χ2v) is 5.67. The van der Waals surface area contributed by atoms with Crippen molar-refractivity contribution in [3.63, 3.8) is 0 Å². The Labute approximate surface area is 119 Å². The number of aromatic amines is 1. The third-order valence-corrected chi connectivity index (χ3v) is 4.29. The Hall–Kier alpha value is -2.08. The Bertz CT molecular complexity index is 808. The molecule has 0 bridgehead atoms. The lowest BCUT2D eigenvalue weighted by atomic mass is 10.0. The highest BCUT2D eigenvalue weighted by atomic mass is 32.2. The van der Waals surface area contributed by atoms with Crippen molar-refractivity contribution < 1.29 is 4.79 Å². The average Bonchev–Trinajstić information content (AvgIpc) is 2.91. The zero-order valence-corrected chi connectivity index (χ0v) is 11.7. The summed E-state index contributed by atoms with van der Waals surface area (Å²) in [5.74, 6) is 0.208. The maximum absolute atomic E-state index is 12.6. The van der Waals surface area contributed by atoms with Gasteiger partial charge in [0.25, 0.3) is 5.91 Å². The van der Waals surface area contributed by atoms with Gasteiger partial charge >= 0.3 is 0 Å². The Morgan fingerprint density at radius 2 is 2.25 bits per heavy atom. The minimum absolute atomic E-state index is 0.0218. The molecule has 0 saturated heterocycles. The number of benzene rings is 1. The van der Waals surface area contributed by atoms with Crippen LogP contribution in [0.1, 0.15) is 21.6 Å². The first-order valence-corrected chi connectivity index (χ1v) is 7.21. The van der Waals surface area contributed by atoms with Crippen molar-refractivity contribution in [2.24, 2.45) is 10.7 Å². The molecule has 2 aromatic rings. The summed E-state index contributed by atoms with van der Waals surface area (Å²) < 4.78 is 0. The Balaban J connectivity index is 2.41. The Kier molecular flexibility index (Phi) is 3.10. The van der Waals surface area contributed by atoms with Crippen molar-refractivity contribution >= 4 is 33.6 Å². The second kappa shape index (κ2) is 4.79. The molecular weight excluding hydrogens is 274 g/mol. The minimum Gasteiger partial charge on any atom is -0.365 e. The number of nitrogens with one attached hydrogen (secondary N) is 1. The summed E-state index contributed by atoms with van der Waals surface area (Å²) in [7, 11) is 0. The number of aliphatic imine (C=N–C) groups is 1. The summed E-state index contributed by atoms with van der Waals surface area (Å²) in [6, 6.07) is 5.55. The predicted molar refractivity (Wildman–Crippen MR) is 81.7 cm³/mol. The van der Waals surface area contributed by atoms with Crippen molar-refractivity contribution in [2.45, 2.75) is 6.92 Å². The Morgan fingerprint density at radius 1 is 1.45 bits per heavy atom. The van der Waals surface area contributed by atoms with Gasteiger partial charge in [0.2, 0.25) is 5.43 Å². The first-order chi connectivity index (χ1) is 9.59. The van der Waals surface area contributed by atoms with Crippen molar-refractivity contribution in [2.75, 3.05) is 12.3 Å². The first-order valence-electron chi connectivity index (χ1n) is 6.22. The van der Waals surface area contributed by atoms with E-state index in [0.29, 0.717) is 16.6 Å². The van der Waals surface area contributed by atoms with E-state index in [2.05, 4.69) is 9.98 Å². The fourth-order valence-corrected chi connectivity index (χ4v) is 3.32. The van der Waals surface area contributed by atoms with Crippen LogP contribution in [-0.2, 0) is 0 Å². The van der Waals surface area contributed by atoms with Gasteiger partial charge in [0.15, 0.2) is 0 Å². The third kappa shape index (κ3) is 1.92. The number of hydrogen-bond acceptors (Lipinski definition) is 4. The molecule has 0 atom stereocenters. The third-order valence-electron chi connectivity index (χ3n) is 3.28. The lowest BCUT2D eigenvalue weighted by molar-refractivity contribution is 0.0998. The van der Waals surface area contributed by atoms with Gasteiger partial charge < -0.3 is 10.7 Å². The van der Waals surface area contributed by atoms with E-state index in [1.54, 1.807) is 18.7 Å². The number of thioether (sulfide) groups is 1. The first kappa shape index (κ1) is 12.9. The zero-order valence-electron chi connectivity index (χ0n) is 10.9. The van der Waals surface area contributed by atoms with E-state index in [0.717, 1.165) is 22.9 Å². The van der Waals surface area contributed by atoms with Crippen LogP contribution in [0.3, 0.4) is 0 Å². The number of aromatic nitrogens is 1. The molecule has 0 aliphatic carbocycles. The molecule has 1 aliphatic rings. The van der Waals surface area contributed by atoms with Gasteiger partial charge in [-0.3, -0.25) is 14.6 Å². The van der Waals surface area contributed by atoms with E-state index in [9.17, 15) is 9.59 Å². The summed E-state index contributed by atoms with van der Waals surface area (Å²) in [6.07, 6.45) is 0. The molecule has 0 unspecified atom stereocenters. The van der Waals surface area contributed by atoms with Gasteiger partial charge in [0.1, 0.15) is 5.56 Å². The highest BCUT2D eigenvalue weighted by Gasteiger charge is 2.19. The number of H-pyrrole nitrogens is 1. The number of carbonyl (C=O) groups excluding carboxylic acids is 1. The standard InChI is InChI=1S/C14H13N3O2S/c1-7-10(13(15)19)12(18)11-8(14-16-5-6-20-14)3-2-4-9(11)17-7/h2-4H,5-6H2,1H3,(H2,15,19)(H,17,18). The lowest BCUT2D eigenvalue weighted by Crippen LogP contribution is -2.25. The minimum atomic E-state index is -0.707. The van der Waals surface area contributed by atoms with Crippen LogP contribution in [0.4, 0.5) is 0 Å². The van der Waals surface area contributed by atoms with E-state index in [4.69, 9.17) is 5.73 Å². The molecule has 0 saturated carbocycles. The van der Waals surface area contributed by atoms with Gasteiger partial charge in [-0.05, 0) is 13.0 Å². The summed E-state index contributed by atoms with van der Waals surface area (Å²) >= 11 is 1.62. The molecule has 1 aliphatic heterocycles. The SMILES string of the molecule is Cc1[nH]c2cccc(C3=NCCS3)c2c(=O)c1C(N)=O. The summed E-state index contributed by atoms with van der Waals surface area (Å²) in [6.45, 7) is 2.43. The van der Waals surface area contributed by atoms with Crippen LogP contribution in [0.15, 0.2) is 28.0 Å². The highest BCUT2D eigenvalue weighted by molar-refractivity contribution is 8.14. The van der Waals surface area contributed by atoms with Crippen molar-refractivity contribution in [1.29, 1.82) is 0 Å². The Morgan fingerprint density at radius 3 is 2.90 bits per heavy atom. The molecule has 3 N–H and O–H groups in total. The number of pyridine rings is 1. The maximum Gasteiger partial charge on any atom is 0.254 e. The number of carbonyl (C=O) groups is 1. The number of primary amides is 1. The van der Waals surface area contributed by atoms with Crippen LogP contribution in [0.5, 0.6) is 0 Å². The fraction of sp³-hybridized carbons (Fsp3) is 0.214. The van der Waals surface area contributed by atoms with Crippen molar-refractivity contribution in [3.8, 4) is 0 Å². The average molecular weight is 287 g/mol. The van der Waals surface area contributed by atoms with E-state index in [-0.39, 0.29) is 11.0 Å². The monoisotopic (exact) mass is 287 g/mol. The summed E-state index contributed by atoms with van der Waals surface area (Å²) in [5.41, 5.74) is 6.98. The van der Waals surface area contributed by atoms with E-state index in [1.807, 2.05) is 18.2 Å². The lowest BCUT2D eigenvalue weighted by Gasteiger charge is -2.09.